The van der Waals surface area contributed by atoms with Crippen LogP contribution in [0.1, 0.15) is 24.2 Å². The lowest BCUT2D eigenvalue weighted by Gasteiger charge is -2.41. The number of phenols is 3. The predicted octanol–water partition coefficient (Wildman–Crippen LogP) is 0.674. The highest BCUT2D eigenvalue weighted by molar-refractivity contribution is 5.70. The van der Waals surface area contributed by atoms with Crippen LogP contribution in [0.4, 0.5) is 0 Å². The molecular weight excluding hydrogens is 480 g/mol. The quantitative estimate of drug-likeness (QED) is 0.302. The van der Waals surface area contributed by atoms with Gasteiger partial charge in [-0.15, -0.1) is 0 Å². The molecular formula is C24H26O12. The number of hydrogen-bond donors (Lipinski definition) is 6. The summed E-state index contributed by atoms with van der Waals surface area (Å²) in [5.41, 5.74) is 0.582. The van der Waals surface area contributed by atoms with Crippen molar-refractivity contribution in [3.63, 3.8) is 0 Å². The number of phenolic OH excluding ortho intramolecular Hbond substituents is 3. The van der Waals surface area contributed by atoms with Gasteiger partial charge in [0.2, 0.25) is 6.29 Å². The topological polar surface area (TPSA) is 185 Å². The number of aliphatic hydroxyl groups excluding tert-OH is 3. The second-order valence-electron chi connectivity index (χ2n) is 8.29. The maximum atomic E-state index is 11.2. The highest BCUT2D eigenvalue weighted by atomic mass is 16.7. The maximum Gasteiger partial charge on any atom is 0.302 e. The van der Waals surface area contributed by atoms with Crippen LogP contribution in [0, 0.1) is 0 Å². The molecule has 6 atom stereocenters. The molecule has 12 heteroatoms. The number of hydrogen-bond acceptors (Lipinski definition) is 12. The van der Waals surface area contributed by atoms with Crippen LogP contribution in [0.3, 0.4) is 0 Å². The van der Waals surface area contributed by atoms with Crippen molar-refractivity contribution in [2.45, 2.75) is 43.7 Å². The molecule has 1 fully saturated rings. The first kappa shape index (κ1) is 25.4. The van der Waals surface area contributed by atoms with E-state index in [0.29, 0.717) is 5.56 Å². The lowest BCUT2D eigenvalue weighted by atomic mass is 9.98. The van der Waals surface area contributed by atoms with E-state index < -0.39 is 49.4 Å². The molecule has 12 nitrogen and oxygen atoms in total. The lowest BCUT2D eigenvalue weighted by Crippen LogP contribution is -2.59. The second kappa shape index (κ2) is 10.1. The normalized spacial score (nSPS) is 27.3. The SMILES string of the molecule is COc1cc(C2Oc3cc(O)cc(O)c3C=C2O[C@@H]2O[C@H](COC(C)=O)[C@H](O)[C@@H](O)[C@H]2O)ccc1O. The Morgan fingerprint density at radius 2 is 1.75 bits per heavy atom. The van der Waals surface area contributed by atoms with Gasteiger partial charge in [-0.2, -0.15) is 0 Å². The van der Waals surface area contributed by atoms with Crippen molar-refractivity contribution in [3.05, 3.63) is 47.2 Å². The molecule has 2 aromatic rings. The van der Waals surface area contributed by atoms with Gasteiger partial charge in [0.15, 0.2) is 17.6 Å². The Morgan fingerprint density at radius 1 is 1.00 bits per heavy atom. The number of esters is 1. The minimum absolute atomic E-state index is 0.00936. The number of carbonyl (C=O) groups excluding carboxylic acids is 1. The molecule has 0 saturated carbocycles. The van der Waals surface area contributed by atoms with Crippen LogP contribution in [0.2, 0.25) is 0 Å². The van der Waals surface area contributed by atoms with E-state index in [-0.39, 0.29) is 40.1 Å². The molecule has 0 spiro atoms. The van der Waals surface area contributed by atoms with Crippen molar-refractivity contribution in [2.24, 2.45) is 0 Å². The Kier molecular flexibility index (Phi) is 7.13. The van der Waals surface area contributed by atoms with Crippen LogP contribution >= 0.6 is 0 Å². The number of methoxy groups -OCH3 is 1. The first-order valence-corrected chi connectivity index (χ1v) is 10.9. The number of ether oxygens (including phenoxy) is 5. The summed E-state index contributed by atoms with van der Waals surface area (Å²) in [4.78, 5) is 11.2. The van der Waals surface area contributed by atoms with Crippen LogP contribution in [-0.2, 0) is 19.0 Å². The van der Waals surface area contributed by atoms with Crippen molar-refractivity contribution in [2.75, 3.05) is 13.7 Å². The number of fused-ring (bicyclic) bond motifs is 1. The maximum absolute atomic E-state index is 11.2. The van der Waals surface area contributed by atoms with Crippen LogP contribution < -0.4 is 9.47 Å². The molecule has 0 amide bonds. The van der Waals surface area contributed by atoms with E-state index in [1.54, 1.807) is 0 Å². The van der Waals surface area contributed by atoms with Crippen molar-refractivity contribution in [1.82, 2.24) is 0 Å². The van der Waals surface area contributed by atoms with E-state index in [1.807, 2.05) is 0 Å². The smallest absolute Gasteiger partial charge is 0.302 e. The summed E-state index contributed by atoms with van der Waals surface area (Å²) < 4.78 is 27.5. The minimum Gasteiger partial charge on any atom is -0.508 e. The number of carbonyl (C=O) groups is 1. The van der Waals surface area contributed by atoms with Gasteiger partial charge in [-0.25, -0.2) is 0 Å². The Balaban J connectivity index is 1.70. The van der Waals surface area contributed by atoms with Crippen molar-refractivity contribution in [1.29, 1.82) is 0 Å². The molecule has 0 radical (unpaired) electrons. The summed E-state index contributed by atoms with van der Waals surface area (Å²) in [6.45, 7) is 0.758. The first-order valence-electron chi connectivity index (χ1n) is 10.9. The molecule has 4 rings (SSSR count). The third-order valence-corrected chi connectivity index (χ3v) is 5.77. The Hall–Kier alpha value is -3.71. The molecule has 2 heterocycles. The van der Waals surface area contributed by atoms with Crippen molar-refractivity contribution >= 4 is 12.0 Å². The molecule has 0 aromatic heterocycles. The van der Waals surface area contributed by atoms with Crippen LogP contribution in [0.25, 0.3) is 6.08 Å². The van der Waals surface area contributed by atoms with Crippen LogP contribution in [0.15, 0.2) is 36.1 Å². The van der Waals surface area contributed by atoms with E-state index in [9.17, 15) is 35.4 Å². The summed E-state index contributed by atoms with van der Waals surface area (Å²) in [6.07, 6.45) is -7.38. The monoisotopic (exact) mass is 506 g/mol. The highest BCUT2D eigenvalue weighted by Crippen LogP contribution is 2.45. The number of aliphatic hydroxyl groups is 3. The van der Waals surface area contributed by atoms with Crippen molar-refractivity contribution < 1.29 is 59.1 Å². The van der Waals surface area contributed by atoms with E-state index in [0.717, 1.165) is 13.0 Å². The summed E-state index contributed by atoms with van der Waals surface area (Å²) in [5.74, 6) is -1.07. The number of aromatic hydroxyl groups is 3. The first-order chi connectivity index (χ1) is 17.1. The molecule has 2 aliphatic rings. The summed E-state index contributed by atoms with van der Waals surface area (Å²) in [7, 11) is 1.36. The predicted molar refractivity (Wildman–Crippen MR) is 120 cm³/mol. The largest absolute Gasteiger partial charge is 0.508 e. The average Bonchev–Trinajstić information content (AvgIpc) is 2.83. The van der Waals surface area contributed by atoms with Gasteiger partial charge in [-0.05, 0) is 18.2 Å². The van der Waals surface area contributed by atoms with E-state index in [1.165, 1.54) is 37.5 Å². The molecule has 36 heavy (non-hydrogen) atoms. The van der Waals surface area contributed by atoms with Gasteiger partial charge >= 0.3 is 5.97 Å². The van der Waals surface area contributed by atoms with Crippen LogP contribution in [-0.4, -0.2) is 81.0 Å². The summed E-state index contributed by atoms with van der Waals surface area (Å²) in [6, 6.07) is 6.75. The third-order valence-electron chi connectivity index (χ3n) is 5.77. The molecule has 0 bridgehead atoms. The zero-order chi connectivity index (χ0) is 26.1. The molecule has 1 saturated heterocycles. The molecule has 2 aliphatic heterocycles. The van der Waals surface area contributed by atoms with Gasteiger partial charge in [-0.3, -0.25) is 4.79 Å². The Morgan fingerprint density at radius 3 is 2.44 bits per heavy atom. The molecule has 2 aromatic carbocycles. The Labute approximate surface area is 205 Å². The zero-order valence-corrected chi connectivity index (χ0v) is 19.3. The van der Waals surface area contributed by atoms with E-state index in [4.69, 9.17) is 23.7 Å². The highest BCUT2D eigenvalue weighted by Gasteiger charge is 2.46. The van der Waals surface area contributed by atoms with Gasteiger partial charge in [-0.1, -0.05) is 6.07 Å². The van der Waals surface area contributed by atoms with Gasteiger partial charge in [0.25, 0.3) is 0 Å². The van der Waals surface area contributed by atoms with Crippen LogP contribution in [0.5, 0.6) is 28.7 Å². The van der Waals surface area contributed by atoms with Gasteiger partial charge in [0, 0.05) is 24.6 Å². The number of rotatable bonds is 6. The lowest BCUT2D eigenvalue weighted by molar-refractivity contribution is -0.294. The average molecular weight is 506 g/mol. The standard InChI is InChI=1S/C24H26O12/c1-10(25)33-9-19-20(29)21(30)22(31)24(36-19)35-18-8-13-15(28)6-12(26)7-16(13)34-23(18)11-3-4-14(27)17(5-11)32-2/h3-8,19-24,26-31H,9H2,1-2H3/t19-,20+,21-,22-,23?,24-/m1/s1. The fraction of sp³-hybridized carbons (Fsp3) is 0.375. The van der Waals surface area contributed by atoms with Gasteiger partial charge in [0.05, 0.1) is 12.7 Å². The summed E-state index contributed by atoms with van der Waals surface area (Å²) in [5, 5.41) is 61.3. The fourth-order valence-electron chi connectivity index (χ4n) is 3.91. The van der Waals surface area contributed by atoms with Gasteiger partial charge in [0.1, 0.15) is 54.0 Å². The number of benzene rings is 2. The van der Waals surface area contributed by atoms with E-state index >= 15 is 0 Å². The summed E-state index contributed by atoms with van der Waals surface area (Å²) >= 11 is 0. The second-order valence-corrected chi connectivity index (χ2v) is 8.29. The zero-order valence-electron chi connectivity index (χ0n) is 19.3. The van der Waals surface area contributed by atoms with E-state index in [2.05, 4.69) is 0 Å². The molecule has 0 aliphatic carbocycles. The third kappa shape index (κ3) is 4.97. The molecule has 6 N–H and O–H groups in total. The van der Waals surface area contributed by atoms with Gasteiger partial charge < -0.3 is 54.3 Å². The van der Waals surface area contributed by atoms with Crippen molar-refractivity contribution in [3.8, 4) is 28.7 Å². The fourth-order valence-corrected chi connectivity index (χ4v) is 3.91. The molecule has 194 valence electrons. The Bertz CT molecular complexity index is 1160. The minimum atomic E-state index is -1.71. The molecule has 1 unspecified atom stereocenters.